The van der Waals surface area contributed by atoms with Gasteiger partial charge in [0.15, 0.2) is 0 Å². The molecule has 4 N–H and O–H groups in total. The Morgan fingerprint density at radius 3 is 1.08 bits per heavy atom. The molecule has 0 aromatic rings. The van der Waals surface area contributed by atoms with Gasteiger partial charge in [0.1, 0.15) is 0 Å². The monoisotopic (exact) mass is 449 g/mol. The third-order valence-corrected chi connectivity index (χ3v) is 1.87. The molecule has 2 atom stereocenters. The largest absolute Gasteiger partial charge is 4.00 e. The molecule has 0 aromatic heterocycles. The first-order chi connectivity index (χ1) is 3.80. The van der Waals surface area contributed by atoms with Gasteiger partial charge in [0.05, 0.1) is 0 Å². The van der Waals surface area contributed by atoms with Gasteiger partial charge >= 0.3 is 21.1 Å². The van der Waals surface area contributed by atoms with Gasteiger partial charge < -0.3 is 61.1 Å². The molecule has 1 aliphatic rings. The molecule has 1 rings (SSSR count). The summed E-state index contributed by atoms with van der Waals surface area (Å²) >= 11 is 0. The summed E-state index contributed by atoms with van der Waals surface area (Å²) in [6.45, 7) is 0. The maximum atomic E-state index is 5.65. The molecule has 86 valence electrons. The summed E-state index contributed by atoms with van der Waals surface area (Å²) < 4.78 is 0. The van der Waals surface area contributed by atoms with Crippen LogP contribution in [0.15, 0.2) is 0 Å². The molecule has 7 heteroatoms. The van der Waals surface area contributed by atoms with Crippen molar-refractivity contribution in [3.63, 3.8) is 0 Å². The van der Waals surface area contributed by atoms with E-state index in [1.54, 1.807) is 0 Å². The van der Waals surface area contributed by atoms with E-state index in [-0.39, 0.29) is 82.8 Å². The van der Waals surface area contributed by atoms with E-state index in [1.807, 2.05) is 0 Å². The van der Waals surface area contributed by atoms with Crippen LogP contribution in [-0.2, 0) is 21.1 Å². The van der Waals surface area contributed by atoms with E-state index >= 15 is 0 Å². The Bertz CT molecular complexity index is 79.0. The van der Waals surface area contributed by atoms with Crippen molar-refractivity contribution in [1.29, 1.82) is 0 Å². The first kappa shape index (κ1) is 29.3. The van der Waals surface area contributed by atoms with Crippen molar-refractivity contribution >= 4 is 0 Å². The Morgan fingerprint density at radius 2 is 0.923 bits per heavy atom. The van der Waals surface area contributed by atoms with Gasteiger partial charge in [-0.25, -0.2) is 0 Å². The Labute approximate surface area is 119 Å². The van der Waals surface area contributed by atoms with Crippen LogP contribution in [0.4, 0.5) is 0 Å². The second-order valence-corrected chi connectivity index (χ2v) is 2.61. The molecule has 0 amide bonds. The summed E-state index contributed by atoms with van der Waals surface area (Å²) in [5, 5.41) is 0. The molecule has 13 heavy (non-hydrogen) atoms. The van der Waals surface area contributed by atoms with Crippen LogP contribution in [0.25, 0.3) is 0 Å². The number of nitrogens with two attached hydrogens (primary N) is 2. The first-order valence-electron chi connectivity index (χ1n) is 3.32. The second kappa shape index (κ2) is 16.2. The molecule has 1 aliphatic carbocycles. The predicted molar refractivity (Wildman–Crippen MR) is 34.4 cm³/mol. The fourth-order valence-corrected chi connectivity index (χ4v) is 1.19. The van der Waals surface area contributed by atoms with Crippen LogP contribution < -0.4 is 61.1 Å². The number of hydrogen-bond acceptors (Lipinski definition) is 2. The summed E-state index contributed by atoms with van der Waals surface area (Å²) in [4.78, 5) is 0. The first-order valence-corrected chi connectivity index (χ1v) is 3.32. The van der Waals surface area contributed by atoms with Crippen molar-refractivity contribution in [1.82, 2.24) is 0 Å². The third kappa shape index (κ3) is 11.7. The maximum absolute atomic E-state index is 5.65. The van der Waals surface area contributed by atoms with Crippen LogP contribution in [0.2, 0.25) is 0 Å². The number of rotatable bonds is 0. The predicted octanol–water partition coefficient (Wildman–Crippen LogP) is -11.8. The van der Waals surface area contributed by atoms with Crippen LogP contribution in [0, 0.1) is 0 Å². The van der Waals surface area contributed by atoms with E-state index in [1.165, 1.54) is 12.8 Å². The molecular weight excluding hydrogens is 437 g/mol. The Kier molecular flexibility index (Phi) is 36.6. The smallest absolute Gasteiger partial charge is 1.00 e. The molecule has 0 aromatic carbocycles. The van der Waals surface area contributed by atoms with Crippen molar-refractivity contribution in [3.8, 4) is 0 Å². The summed E-state index contributed by atoms with van der Waals surface area (Å²) in [6.07, 6.45) is 4.80. The molecule has 0 bridgehead atoms. The van der Waals surface area contributed by atoms with Crippen LogP contribution in [-0.4, -0.2) is 12.1 Å². The standard InChI is InChI=1S/C6H14N2.4ClH.Pt/c7-5-3-1-2-4-6(5)8;;;;;/h5-6H,1-4,7-8H2;4*1H;/q;;;;;+4/p-4. The zero-order chi connectivity index (χ0) is 5.98. The SMILES string of the molecule is NC1CCCCC1N.[Cl-].[Cl-].[Cl-].[Cl-].[Pt+4]. The molecule has 0 spiro atoms. The topological polar surface area (TPSA) is 52.0 Å². The van der Waals surface area contributed by atoms with Gasteiger partial charge in [-0.2, -0.15) is 0 Å². The Balaban J connectivity index is -0.0000000427. The average Bonchev–Trinajstić information content (AvgIpc) is 1.77. The van der Waals surface area contributed by atoms with Gasteiger partial charge in [0, 0.05) is 12.1 Å². The van der Waals surface area contributed by atoms with Crippen molar-refractivity contribution in [2.45, 2.75) is 37.8 Å². The van der Waals surface area contributed by atoms with Gasteiger partial charge in [-0.05, 0) is 12.8 Å². The molecule has 0 heterocycles. The minimum absolute atomic E-state index is 0. The van der Waals surface area contributed by atoms with Crippen LogP contribution in [0.3, 0.4) is 0 Å². The molecule has 1 saturated carbocycles. The molecular formula is C6H14Cl4N2Pt. The van der Waals surface area contributed by atoms with Crippen molar-refractivity contribution in [3.05, 3.63) is 0 Å². The second-order valence-electron chi connectivity index (χ2n) is 2.61. The normalized spacial score (nSPS) is 24.5. The molecule has 0 radical (unpaired) electrons. The fourth-order valence-electron chi connectivity index (χ4n) is 1.19. The van der Waals surface area contributed by atoms with Gasteiger partial charge in [-0.15, -0.1) is 0 Å². The summed E-state index contributed by atoms with van der Waals surface area (Å²) in [5.74, 6) is 0. The van der Waals surface area contributed by atoms with Gasteiger partial charge in [-0.3, -0.25) is 0 Å². The quantitative estimate of drug-likeness (QED) is 0.385. The molecule has 0 saturated heterocycles. The zero-order valence-corrected chi connectivity index (χ0v) is 12.3. The van der Waals surface area contributed by atoms with E-state index in [0.29, 0.717) is 0 Å². The average molecular weight is 451 g/mol. The molecule has 2 unspecified atom stereocenters. The van der Waals surface area contributed by atoms with Gasteiger partial charge in [0.25, 0.3) is 0 Å². The van der Waals surface area contributed by atoms with Crippen molar-refractivity contribution in [2.75, 3.05) is 0 Å². The molecule has 0 aliphatic heterocycles. The minimum atomic E-state index is 0. The third-order valence-electron chi connectivity index (χ3n) is 1.87. The van der Waals surface area contributed by atoms with E-state index in [9.17, 15) is 0 Å². The van der Waals surface area contributed by atoms with Gasteiger partial charge in [0.2, 0.25) is 0 Å². The van der Waals surface area contributed by atoms with E-state index in [2.05, 4.69) is 0 Å². The molecule has 2 nitrogen and oxygen atoms in total. The number of hydrogen-bond donors (Lipinski definition) is 2. The van der Waals surface area contributed by atoms with E-state index in [0.717, 1.165) is 12.8 Å². The van der Waals surface area contributed by atoms with Crippen molar-refractivity contribution in [2.24, 2.45) is 11.5 Å². The van der Waals surface area contributed by atoms with E-state index < -0.39 is 0 Å². The van der Waals surface area contributed by atoms with Gasteiger partial charge in [-0.1, -0.05) is 12.8 Å². The summed E-state index contributed by atoms with van der Waals surface area (Å²) in [6, 6.07) is 0.562. The Hall–Kier alpha value is 1.77. The Morgan fingerprint density at radius 1 is 0.692 bits per heavy atom. The zero-order valence-electron chi connectivity index (χ0n) is 6.97. The van der Waals surface area contributed by atoms with Crippen LogP contribution >= 0.6 is 0 Å². The molecule has 1 fully saturated rings. The summed E-state index contributed by atoms with van der Waals surface area (Å²) in [7, 11) is 0. The van der Waals surface area contributed by atoms with Crippen LogP contribution in [0.1, 0.15) is 25.7 Å². The number of halogens is 4. The van der Waals surface area contributed by atoms with Crippen LogP contribution in [0.5, 0.6) is 0 Å². The fraction of sp³-hybridized carbons (Fsp3) is 1.00. The maximum Gasteiger partial charge on any atom is 4.00 e. The summed E-state index contributed by atoms with van der Waals surface area (Å²) in [5.41, 5.74) is 11.3. The van der Waals surface area contributed by atoms with Crippen molar-refractivity contribution < 1.29 is 70.7 Å². The van der Waals surface area contributed by atoms with E-state index in [4.69, 9.17) is 11.5 Å². The minimum Gasteiger partial charge on any atom is -1.00 e.